The topological polar surface area (TPSA) is 0 Å². The summed E-state index contributed by atoms with van der Waals surface area (Å²) < 4.78 is 0. The van der Waals surface area contributed by atoms with Gasteiger partial charge in [-0.25, -0.2) is 0 Å². The summed E-state index contributed by atoms with van der Waals surface area (Å²) in [6.07, 6.45) is 1.25. The van der Waals surface area contributed by atoms with Crippen molar-refractivity contribution in [2.75, 3.05) is 0 Å². The van der Waals surface area contributed by atoms with E-state index in [1.165, 1.54) is 6.42 Å². The van der Waals surface area contributed by atoms with E-state index in [4.69, 9.17) is 0 Å². The van der Waals surface area contributed by atoms with E-state index in [2.05, 4.69) is 13.8 Å². The van der Waals surface area contributed by atoms with Crippen LogP contribution in [0.25, 0.3) is 0 Å². The molecule has 0 rings (SSSR count). The molecule has 0 aliphatic carbocycles. The Balaban J connectivity index is 0. The van der Waals surface area contributed by atoms with Gasteiger partial charge in [0.15, 0.2) is 0 Å². The van der Waals surface area contributed by atoms with Gasteiger partial charge in [0.2, 0.25) is 0 Å². The van der Waals surface area contributed by atoms with E-state index in [1.54, 1.807) is 0 Å². The third-order valence-electron chi connectivity index (χ3n) is 0. The molecule has 0 saturated heterocycles. The average Bonchev–Trinajstić information content (AvgIpc) is 0.918. The van der Waals surface area contributed by atoms with Crippen LogP contribution in [0.15, 0.2) is 0 Å². The molecule has 0 aliphatic rings. The minimum Gasteiger partial charge on any atom is -0.0656 e. The third-order valence-corrected chi connectivity index (χ3v) is 0. The first kappa shape index (κ1) is 8.82. The minimum absolute atomic E-state index is 0. The molecule has 1 heteroatoms. The van der Waals surface area contributed by atoms with Crippen LogP contribution in [0.5, 0.6) is 0 Å². The molecule has 0 unspecified atom stereocenters. The summed E-state index contributed by atoms with van der Waals surface area (Å²) in [5, 5.41) is 0. The standard InChI is InChI=1S/C3H8.Fe/c1-3-2;/h3H2,1-2H3;. The SMILES string of the molecule is CCC.[Fe]. The molecule has 0 spiro atoms. The maximum Gasteiger partial charge on any atom is 0 e. The van der Waals surface area contributed by atoms with Crippen molar-refractivity contribution in [3.63, 3.8) is 0 Å². The molecule has 0 aromatic heterocycles. The van der Waals surface area contributed by atoms with Crippen molar-refractivity contribution in [1.82, 2.24) is 0 Å². The second-order valence-electron chi connectivity index (χ2n) is 0.707. The van der Waals surface area contributed by atoms with Crippen LogP contribution in [-0.2, 0) is 17.1 Å². The molecule has 0 radical (unpaired) electrons. The van der Waals surface area contributed by atoms with E-state index in [1.807, 2.05) is 0 Å². The Morgan fingerprint density at radius 1 is 1.25 bits per heavy atom. The van der Waals surface area contributed by atoms with Gasteiger partial charge in [-0.2, -0.15) is 0 Å². The zero-order chi connectivity index (χ0) is 2.71. The fourth-order valence-corrected chi connectivity index (χ4v) is 0. The predicted molar refractivity (Wildman–Crippen MR) is 16.0 cm³/mol. The molecule has 0 nitrogen and oxygen atoms in total. The van der Waals surface area contributed by atoms with Crippen molar-refractivity contribution >= 4 is 0 Å². The molecule has 0 atom stereocenters. The van der Waals surface area contributed by atoms with E-state index in [0.29, 0.717) is 0 Å². The largest absolute Gasteiger partial charge is 0.0656 e. The van der Waals surface area contributed by atoms with Gasteiger partial charge in [-0.05, 0) is 0 Å². The summed E-state index contributed by atoms with van der Waals surface area (Å²) in [4.78, 5) is 0. The summed E-state index contributed by atoms with van der Waals surface area (Å²) in [5.41, 5.74) is 0. The van der Waals surface area contributed by atoms with Gasteiger partial charge in [0, 0.05) is 17.1 Å². The van der Waals surface area contributed by atoms with Crippen LogP contribution >= 0.6 is 0 Å². The van der Waals surface area contributed by atoms with Gasteiger partial charge in [-0.1, -0.05) is 20.3 Å². The second kappa shape index (κ2) is 9.68. The number of rotatable bonds is 0. The summed E-state index contributed by atoms with van der Waals surface area (Å²) in [5.74, 6) is 0. The van der Waals surface area contributed by atoms with E-state index in [9.17, 15) is 0 Å². The average molecular weight is 99.9 g/mol. The molecular formula is C3H8Fe. The smallest absolute Gasteiger partial charge is 0 e. The Labute approximate surface area is 38.1 Å². The monoisotopic (exact) mass is 100.0 g/mol. The first-order valence-corrected chi connectivity index (χ1v) is 1.41. The van der Waals surface area contributed by atoms with Crippen molar-refractivity contribution in [2.45, 2.75) is 20.3 Å². The number of hydrogen-bond acceptors (Lipinski definition) is 0. The molecule has 0 bridgehead atoms. The maximum atomic E-state index is 2.12. The molecule has 0 fully saturated rings. The van der Waals surface area contributed by atoms with Crippen LogP contribution in [0.1, 0.15) is 20.3 Å². The Kier molecular flexibility index (Phi) is 21.3. The van der Waals surface area contributed by atoms with Crippen molar-refractivity contribution in [1.29, 1.82) is 0 Å². The van der Waals surface area contributed by atoms with Gasteiger partial charge < -0.3 is 0 Å². The van der Waals surface area contributed by atoms with Gasteiger partial charge in [-0.3, -0.25) is 0 Å². The van der Waals surface area contributed by atoms with Gasteiger partial charge >= 0.3 is 0 Å². The van der Waals surface area contributed by atoms with Crippen molar-refractivity contribution in [3.8, 4) is 0 Å². The van der Waals surface area contributed by atoms with Crippen molar-refractivity contribution in [2.24, 2.45) is 0 Å². The Bertz CT molecular complexity index is 3.25. The second-order valence-corrected chi connectivity index (χ2v) is 0.707. The summed E-state index contributed by atoms with van der Waals surface area (Å²) in [6.45, 7) is 4.25. The van der Waals surface area contributed by atoms with Gasteiger partial charge in [0.05, 0.1) is 0 Å². The molecule has 0 amide bonds. The molecule has 0 aliphatic heterocycles. The summed E-state index contributed by atoms with van der Waals surface area (Å²) in [6, 6.07) is 0. The van der Waals surface area contributed by atoms with Crippen LogP contribution < -0.4 is 0 Å². The van der Waals surface area contributed by atoms with E-state index < -0.39 is 0 Å². The molecule has 0 N–H and O–H groups in total. The van der Waals surface area contributed by atoms with E-state index in [0.717, 1.165) is 0 Å². The first-order valence-electron chi connectivity index (χ1n) is 1.41. The summed E-state index contributed by atoms with van der Waals surface area (Å²) in [7, 11) is 0. The van der Waals surface area contributed by atoms with Crippen LogP contribution in [0, 0.1) is 0 Å². The number of hydrogen-bond donors (Lipinski definition) is 0. The normalized spacial score (nSPS) is 4.50. The van der Waals surface area contributed by atoms with Crippen LogP contribution in [0.4, 0.5) is 0 Å². The maximum absolute atomic E-state index is 2.12. The molecule has 0 aromatic carbocycles. The zero-order valence-electron chi connectivity index (χ0n) is 3.06. The van der Waals surface area contributed by atoms with Gasteiger partial charge in [0.1, 0.15) is 0 Å². The Morgan fingerprint density at radius 3 is 1.25 bits per heavy atom. The van der Waals surface area contributed by atoms with Crippen molar-refractivity contribution < 1.29 is 17.1 Å². The molecule has 4 heavy (non-hydrogen) atoms. The van der Waals surface area contributed by atoms with Crippen LogP contribution in [0.2, 0.25) is 0 Å². The molecule has 0 heterocycles. The minimum atomic E-state index is 0. The molecule has 28 valence electrons. The molecule has 0 saturated carbocycles. The fraction of sp³-hybridized carbons (Fsp3) is 1.00. The van der Waals surface area contributed by atoms with Gasteiger partial charge in [-0.15, -0.1) is 0 Å². The third kappa shape index (κ3) is 21.6. The van der Waals surface area contributed by atoms with E-state index >= 15 is 0 Å². The predicted octanol–water partition coefficient (Wildman–Crippen LogP) is 1.41. The van der Waals surface area contributed by atoms with E-state index in [-0.39, 0.29) is 17.1 Å². The summed E-state index contributed by atoms with van der Waals surface area (Å²) >= 11 is 0. The fourth-order valence-electron chi connectivity index (χ4n) is 0. The molecule has 0 aromatic rings. The Hall–Kier alpha value is 0.519. The Morgan fingerprint density at radius 2 is 1.25 bits per heavy atom. The quantitative estimate of drug-likeness (QED) is 0.403. The molecular weight excluding hydrogens is 91.9 g/mol. The van der Waals surface area contributed by atoms with Gasteiger partial charge in [0.25, 0.3) is 0 Å². The first-order chi connectivity index (χ1) is 1.41. The van der Waals surface area contributed by atoms with Crippen molar-refractivity contribution in [3.05, 3.63) is 0 Å². The van der Waals surface area contributed by atoms with Crippen LogP contribution in [-0.4, -0.2) is 0 Å². The zero-order valence-corrected chi connectivity index (χ0v) is 4.16. The van der Waals surface area contributed by atoms with Crippen LogP contribution in [0.3, 0.4) is 0 Å².